The summed E-state index contributed by atoms with van der Waals surface area (Å²) >= 11 is 0. The Morgan fingerprint density at radius 3 is 2.46 bits per heavy atom. The summed E-state index contributed by atoms with van der Waals surface area (Å²) in [5.74, 6) is 2.26. The molecule has 5 heterocycles. The first-order valence-electron chi connectivity index (χ1n) is 11.7. The lowest BCUT2D eigenvalue weighted by atomic mass is 10.1. The average molecular weight is 465 g/mol. The van der Waals surface area contributed by atoms with Gasteiger partial charge in [-0.25, -0.2) is 15.0 Å². The van der Waals surface area contributed by atoms with E-state index in [2.05, 4.69) is 31.6 Å². The van der Waals surface area contributed by atoms with Gasteiger partial charge in [0, 0.05) is 48.7 Å². The van der Waals surface area contributed by atoms with Crippen LogP contribution in [0.25, 0.3) is 45.2 Å². The number of anilines is 1. The summed E-state index contributed by atoms with van der Waals surface area (Å²) in [5, 5.41) is 8.59. The lowest BCUT2D eigenvalue weighted by Gasteiger charge is -2.28. The molecule has 0 aliphatic carbocycles. The number of rotatable bonds is 5. The van der Waals surface area contributed by atoms with Crippen LogP contribution in [0.15, 0.2) is 67.1 Å². The quantitative estimate of drug-likeness (QED) is 0.387. The lowest BCUT2D eigenvalue weighted by molar-refractivity contribution is 0.122. The van der Waals surface area contributed by atoms with Crippen LogP contribution < -0.4 is 4.90 Å². The largest absolute Gasteiger partial charge is 0.378 e. The Morgan fingerprint density at radius 2 is 1.69 bits per heavy atom. The number of hydrogen-bond acceptors (Lipinski definition) is 8. The Morgan fingerprint density at radius 1 is 0.886 bits per heavy atom. The molecule has 9 heteroatoms. The molecule has 1 aliphatic rings. The summed E-state index contributed by atoms with van der Waals surface area (Å²) < 4.78 is 7.73. The van der Waals surface area contributed by atoms with Crippen LogP contribution in [0.2, 0.25) is 0 Å². The monoisotopic (exact) mass is 464 g/mol. The minimum absolute atomic E-state index is 0.599. The third-order valence-electron chi connectivity index (χ3n) is 6.12. The molecule has 1 saturated heterocycles. The van der Waals surface area contributed by atoms with Crippen LogP contribution in [0.3, 0.4) is 0 Å². The van der Waals surface area contributed by atoms with E-state index >= 15 is 0 Å². The normalized spacial score (nSPS) is 13.9. The van der Waals surface area contributed by atoms with Crippen molar-refractivity contribution in [2.24, 2.45) is 0 Å². The van der Waals surface area contributed by atoms with E-state index in [-0.39, 0.29) is 0 Å². The highest BCUT2D eigenvalue weighted by molar-refractivity contribution is 5.89. The van der Waals surface area contributed by atoms with Gasteiger partial charge in [0.1, 0.15) is 5.82 Å². The number of ether oxygens (including phenoxy) is 1. The molecule has 1 fully saturated rings. The van der Waals surface area contributed by atoms with Crippen molar-refractivity contribution in [1.82, 2.24) is 34.7 Å². The smallest absolute Gasteiger partial charge is 0.166 e. The molecule has 0 radical (unpaired) electrons. The zero-order valence-electron chi connectivity index (χ0n) is 19.4. The first kappa shape index (κ1) is 21.3. The summed E-state index contributed by atoms with van der Waals surface area (Å²) in [4.78, 5) is 21.4. The van der Waals surface area contributed by atoms with E-state index in [1.807, 2.05) is 48.5 Å². The van der Waals surface area contributed by atoms with Gasteiger partial charge in [-0.15, -0.1) is 0 Å². The minimum Gasteiger partial charge on any atom is -0.378 e. The number of nitrogens with zero attached hydrogens (tertiary/aromatic N) is 8. The molecule has 4 aromatic heterocycles. The number of imidazole rings is 1. The molecular formula is C26H24N8O. The highest BCUT2D eigenvalue weighted by atomic mass is 16.5. The van der Waals surface area contributed by atoms with Crippen molar-refractivity contribution in [3.63, 3.8) is 0 Å². The molecule has 0 atom stereocenters. The Kier molecular flexibility index (Phi) is 5.59. The summed E-state index contributed by atoms with van der Waals surface area (Å²) in [6, 6.07) is 15.9. The zero-order valence-corrected chi connectivity index (χ0v) is 19.4. The number of hydrogen-bond donors (Lipinski definition) is 0. The predicted octanol–water partition coefficient (Wildman–Crippen LogP) is 3.87. The molecule has 35 heavy (non-hydrogen) atoms. The van der Waals surface area contributed by atoms with Gasteiger partial charge in [0.05, 0.1) is 25.1 Å². The fraction of sp³-hybridized carbons (Fsp3) is 0.231. The van der Waals surface area contributed by atoms with Gasteiger partial charge in [-0.05, 0) is 25.1 Å². The van der Waals surface area contributed by atoms with Crippen molar-refractivity contribution in [2.45, 2.75) is 13.5 Å². The SMILES string of the molecule is CCn1c(-c2ccncc2)nc2c(N3CCOCC3)nc(-c3cnnc(-c4ccccc4)c3)nc21. The molecule has 0 bridgehead atoms. The lowest BCUT2D eigenvalue weighted by Crippen LogP contribution is -2.37. The Bertz CT molecular complexity index is 1460. The molecule has 174 valence electrons. The van der Waals surface area contributed by atoms with Crippen molar-refractivity contribution in [3.05, 3.63) is 67.1 Å². The molecule has 6 rings (SSSR count). The van der Waals surface area contributed by atoms with Crippen molar-refractivity contribution in [2.75, 3.05) is 31.2 Å². The topological polar surface area (TPSA) is 94.7 Å². The Labute approximate surface area is 202 Å². The number of fused-ring (bicyclic) bond motifs is 1. The molecule has 0 spiro atoms. The van der Waals surface area contributed by atoms with Gasteiger partial charge in [0.2, 0.25) is 0 Å². The van der Waals surface area contributed by atoms with Crippen LogP contribution in [-0.2, 0) is 11.3 Å². The van der Waals surface area contributed by atoms with Gasteiger partial charge in [-0.2, -0.15) is 10.2 Å². The van der Waals surface area contributed by atoms with Gasteiger partial charge in [-0.1, -0.05) is 30.3 Å². The predicted molar refractivity (Wildman–Crippen MR) is 134 cm³/mol. The maximum absolute atomic E-state index is 5.60. The Balaban J connectivity index is 1.56. The molecule has 1 aliphatic heterocycles. The van der Waals surface area contributed by atoms with Crippen molar-refractivity contribution in [3.8, 4) is 34.0 Å². The maximum Gasteiger partial charge on any atom is 0.166 e. The van der Waals surface area contributed by atoms with Gasteiger partial charge in [-0.3, -0.25) is 4.98 Å². The van der Waals surface area contributed by atoms with Crippen molar-refractivity contribution < 1.29 is 4.74 Å². The Hall–Kier alpha value is -4.24. The van der Waals surface area contributed by atoms with Gasteiger partial charge < -0.3 is 14.2 Å². The molecule has 0 N–H and O–H groups in total. The molecule has 5 aromatic rings. The van der Waals surface area contributed by atoms with Crippen LogP contribution in [0.1, 0.15) is 6.92 Å². The molecule has 0 amide bonds. The second-order valence-electron chi connectivity index (χ2n) is 8.25. The molecular weight excluding hydrogens is 440 g/mol. The summed E-state index contributed by atoms with van der Waals surface area (Å²) in [5.41, 5.74) is 5.16. The van der Waals surface area contributed by atoms with E-state index in [0.29, 0.717) is 19.0 Å². The third kappa shape index (κ3) is 4.00. The van der Waals surface area contributed by atoms with Crippen LogP contribution in [0.5, 0.6) is 0 Å². The number of pyridine rings is 1. The summed E-state index contributed by atoms with van der Waals surface area (Å²) in [6.45, 7) is 5.63. The maximum atomic E-state index is 5.60. The standard InChI is InChI=1S/C26H24N8O/c1-2-34-24(19-8-10-27-11-9-19)29-22-25(33-12-14-35-15-13-33)30-23(31-26(22)34)20-16-21(32-28-17-20)18-6-4-3-5-7-18/h3-11,16-17H,2,12-15H2,1H3. The molecule has 9 nitrogen and oxygen atoms in total. The van der Waals surface area contributed by atoms with E-state index in [9.17, 15) is 0 Å². The van der Waals surface area contributed by atoms with E-state index < -0.39 is 0 Å². The van der Waals surface area contributed by atoms with Crippen molar-refractivity contribution in [1.29, 1.82) is 0 Å². The van der Waals surface area contributed by atoms with Crippen LogP contribution in [0.4, 0.5) is 5.82 Å². The first-order chi connectivity index (χ1) is 17.3. The number of aryl methyl sites for hydroxylation is 1. The average Bonchev–Trinajstić information content (AvgIpc) is 3.33. The number of aromatic nitrogens is 7. The molecule has 0 unspecified atom stereocenters. The third-order valence-corrected chi connectivity index (χ3v) is 6.12. The van der Waals surface area contributed by atoms with E-state index in [4.69, 9.17) is 19.7 Å². The van der Waals surface area contributed by atoms with E-state index in [1.165, 1.54) is 0 Å². The van der Waals surface area contributed by atoms with E-state index in [0.717, 1.165) is 64.8 Å². The van der Waals surface area contributed by atoms with Crippen molar-refractivity contribution >= 4 is 17.0 Å². The fourth-order valence-electron chi connectivity index (χ4n) is 4.37. The highest BCUT2D eigenvalue weighted by Crippen LogP contribution is 2.32. The number of morpholine rings is 1. The van der Waals surface area contributed by atoms with Gasteiger partial charge in [0.25, 0.3) is 0 Å². The zero-order chi connectivity index (χ0) is 23.6. The second kappa shape index (κ2) is 9.19. The first-order valence-corrected chi connectivity index (χ1v) is 11.7. The molecule has 0 saturated carbocycles. The van der Waals surface area contributed by atoms with E-state index in [1.54, 1.807) is 18.6 Å². The summed E-state index contributed by atoms with van der Waals surface area (Å²) in [7, 11) is 0. The van der Waals surface area contributed by atoms with Gasteiger partial charge in [0.15, 0.2) is 22.8 Å². The number of benzene rings is 1. The second-order valence-corrected chi connectivity index (χ2v) is 8.25. The fourth-order valence-corrected chi connectivity index (χ4v) is 4.37. The molecule has 1 aromatic carbocycles. The van der Waals surface area contributed by atoms with Crippen LogP contribution >= 0.6 is 0 Å². The van der Waals surface area contributed by atoms with Crippen LogP contribution in [-0.4, -0.2) is 61.0 Å². The van der Waals surface area contributed by atoms with Gasteiger partial charge >= 0.3 is 0 Å². The summed E-state index contributed by atoms with van der Waals surface area (Å²) in [6.07, 6.45) is 5.28. The highest BCUT2D eigenvalue weighted by Gasteiger charge is 2.24. The van der Waals surface area contributed by atoms with Crippen LogP contribution in [0, 0.1) is 0 Å². The minimum atomic E-state index is 0.599.